The van der Waals surface area contributed by atoms with Crippen LogP contribution in [0.1, 0.15) is 117 Å². The number of unbranched alkanes of at least 4 members (excludes halogenated alkanes) is 12. The second-order valence-electron chi connectivity index (χ2n) is 9.38. The van der Waals surface area contributed by atoms with E-state index in [2.05, 4.69) is 25.7 Å². The Morgan fingerprint density at radius 3 is 1.59 bits per heavy atom. The summed E-state index contributed by atoms with van der Waals surface area (Å²) >= 11 is 0. The van der Waals surface area contributed by atoms with E-state index in [-0.39, 0.29) is 0 Å². The van der Waals surface area contributed by atoms with Gasteiger partial charge in [0.1, 0.15) is 0 Å². The van der Waals surface area contributed by atoms with E-state index in [9.17, 15) is 0 Å². The number of nitrogens with two attached hydrogens (primary N) is 2. The SMILES string of the molecule is CCCCCCCCCCCCCCCC(N)CC.CO[Si](C)(CCCNCCN)OC. The third-order valence-electron chi connectivity index (χ3n) is 6.37. The van der Waals surface area contributed by atoms with Gasteiger partial charge in [0.25, 0.3) is 0 Å². The lowest BCUT2D eigenvalue weighted by Crippen LogP contribution is -2.37. The van der Waals surface area contributed by atoms with Gasteiger partial charge in [0.2, 0.25) is 0 Å². The summed E-state index contributed by atoms with van der Waals surface area (Å²) in [6.45, 7) is 9.13. The molecule has 0 bridgehead atoms. The van der Waals surface area contributed by atoms with Gasteiger partial charge in [-0.25, -0.2) is 0 Å². The van der Waals surface area contributed by atoms with Crippen LogP contribution in [0.2, 0.25) is 12.6 Å². The molecule has 5 nitrogen and oxygen atoms in total. The fourth-order valence-electron chi connectivity index (χ4n) is 3.68. The first kappa shape index (κ1) is 34.2. The van der Waals surface area contributed by atoms with E-state index in [4.69, 9.17) is 20.3 Å². The van der Waals surface area contributed by atoms with Crippen molar-refractivity contribution in [3.8, 4) is 0 Å². The van der Waals surface area contributed by atoms with Gasteiger partial charge in [-0.15, -0.1) is 0 Å². The van der Waals surface area contributed by atoms with E-state index < -0.39 is 8.56 Å². The highest BCUT2D eigenvalue weighted by atomic mass is 28.4. The molecule has 0 fully saturated rings. The van der Waals surface area contributed by atoms with E-state index in [1.165, 1.54) is 89.9 Å². The molecule has 0 saturated heterocycles. The van der Waals surface area contributed by atoms with Crippen LogP contribution in [0.4, 0.5) is 0 Å². The summed E-state index contributed by atoms with van der Waals surface area (Å²) in [4.78, 5) is 0. The van der Waals surface area contributed by atoms with Crippen molar-refractivity contribution in [3.63, 3.8) is 0 Å². The molecule has 32 heavy (non-hydrogen) atoms. The molecule has 0 aliphatic rings. The molecule has 0 spiro atoms. The Morgan fingerprint density at radius 1 is 0.719 bits per heavy atom. The molecule has 0 amide bonds. The normalized spacial score (nSPS) is 12.5. The maximum Gasteiger partial charge on any atom is 0.334 e. The highest BCUT2D eigenvalue weighted by Crippen LogP contribution is 2.14. The predicted octanol–water partition coefficient (Wildman–Crippen LogP) is 6.49. The summed E-state index contributed by atoms with van der Waals surface area (Å²) in [6.07, 6.45) is 22.1. The molecule has 6 heteroatoms. The van der Waals surface area contributed by atoms with Crippen LogP contribution in [-0.2, 0) is 8.85 Å². The number of hydrogen-bond donors (Lipinski definition) is 3. The lowest BCUT2D eigenvalue weighted by atomic mass is 10.0. The molecule has 5 N–H and O–H groups in total. The van der Waals surface area contributed by atoms with Crippen LogP contribution >= 0.6 is 0 Å². The van der Waals surface area contributed by atoms with Crippen LogP contribution in [0.3, 0.4) is 0 Å². The molecule has 0 aromatic heterocycles. The third kappa shape index (κ3) is 26.3. The standard InChI is InChI=1S/C18H39N.C8H22N2O2Si/c1-3-5-6-7-8-9-10-11-12-13-14-15-16-17-18(19)4-2;1-11-13(3,12-2)8-4-6-10-7-5-9/h18H,3-17,19H2,1-2H3;10H,4-9H2,1-3H3. The fraction of sp³-hybridized carbons (Fsp3) is 1.00. The summed E-state index contributed by atoms with van der Waals surface area (Å²) in [5.74, 6) is 0. The van der Waals surface area contributed by atoms with Crippen molar-refractivity contribution in [2.45, 2.75) is 135 Å². The Morgan fingerprint density at radius 2 is 1.19 bits per heavy atom. The van der Waals surface area contributed by atoms with Crippen molar-refractivity contribution in [3.05, 3.63) is 0 Å². The molecular formula is C26H61N3O2Si. The highest BCUT2D eigenvalue weighted by Gasteiger charge is 2.27. The molecule has 0 aromatic rings. The summed E-state index contributed by atoms with van der Waals surface area (Å²) in [5.41, 5.74) is 11.3. The van der Waals surface area contributed by atoms with Crippen LogP contribution in [-0.4, -0.2) is 48.5 Å². The molecule has 0 rings (SSSR count). The monoisotopic (exact) mass is 475 g/mol. The molecule has 0 radical (unpaired) electrons. The van der Waals surface area contributed by atoms with E-state index in [1.54, 1.807) is 14.2 Å². The third-order valence-corrected chi connectivity index (χ3v) is 9.36. The molecule has 1 unspecified atom stereocenters. The van der Waals surface area contributed by atoms with Crippen molar-refractivity contribution in [1.29, 1.82) is 0 Å². The summed E-state index contributed by atoms with van der Waals surface area (Å²) in [7, 11) is 1.62. The first-order chi connectivity index (χ1) is 15.5. The van der Waals surface area contributed by atoms with Gasteiger partial charge in [-0.1, -0.05) is 97.3 Å². The van der Waals surface area contributed by atoms with Gasteiger partial charge < -0.3 is 25.6 Å². The van der Waals surface area contributed by atoms with Gasteiger partial charge >= 0.3 is 8.56 Å². The zero-order chi connectivity index (χ0) is 24.3. The highest BCUT2D eigenvalue weighted by molar-refractivity contribution is 6.65. The lowest BCUT2D eigenvalue weighted by molar-refractivity contribution is 0.248. The minimum absolute atomic E-state index is 0.452. The summed E-state index contributed by atoms with van der Waals surface area (Å²) in [5, 5.41) is 3.24. The molecule has 0 aromatic carbocycles. The van der Waals surface area contributed by atoms with E-state index in [0.717, 1.165) is 32.0 Å². The van der Waals surface area contributed by atoms with Crippen molar-refractivity contribution in [2.75, 3.05) is 33.9 Å². The van der Waals surface area contributed by atoms with Gasteiger partial charge in [-0.3, -0.25) is 0 Å². The Hall–Kier alpha value is 0.0169. The van der Waals surface area contributed by atoms with E-state index >= 15 is 0 Å². The lowest BCUT2D eigenvalue weighted by Gasteiger charge is -2.22. The molecule has 0 heterocycles. The first-order valence-corrected chi connectivity index (χ1v) is 16.3. The van der Waals surface area contributed by atoms with Crippen LogP contribution in [0, 0.1) is 0 Å². The Bertz CT molecular complexity index is 345. The molecule has 1 atom stereocenters. The zero-order valence-electron chi connectivity index (χ0n) is 22.7. The number of rotatable bonds is 23. The van der Waals surface area contributed by atoms with Crippen molar-refractivity contribution in [2.24, 2.45) is 11.5 Å². The van der Waals surface area contributed by atoms with Gasteiger partial charge in [0, 0.05) is 33.4 Å². The Labute approximate surface area is 203 Å². The van der Waals surface area contributed by atoms with Gasteiger partial charge in [0.05, 0.1) is 0 Å². The number of hydrogen-bond acceptors (Lipinski definition) is 5. The van der Waals surface area contributed by atoms with Crippen LogP contribution in [0.15, 0.2) is 0 Å². The maximum absolute atomic E-state index is 5.91. The van der Waals surface area contributed by atoms with Crippen LogP contribution < -0.4 is 16.8 Å². The van der Waals surface area contributed by atoms with Crippen molar-refractivity contribution >= 4 is 8.56 Å². The topological polar surface area (TPSA) is 82.5 Å². The van der Waals surface area contributed by atoms with Crippen molar-refractivity contribution in [1.82, 2.24) is 5.32 Å². The van der Waals surface area contributed by atoms with E-state index in [1.807, 2.05) is 0 Å². The molecular weight excluding hydrogens is 414 g/mol. The Kier molecular flexibility index (Phi) is 29.1. The number of nitrogens with one attached hydrogen (secondary N) is 1. The second kappa shape index (κ2) is 27.3. The first-order valence-electron chi connectivity index (χ1n) is 13.8. The molecule has 0 saturated carbocycles. The summed E-state index contributed by atoms with van der Waals surface area (Å²) < 4.78 is 10.7. The summed E-state index contributed by atoms with van der Waals surface area (Å²) in [6, 6.07) is 1.48. The smallest absolute Gasteiger partial charge is 0.334 e. The van der Waals surface area contributed by atoms with Crippen molar-refractivity contribution < 1.29 is 8.85 Å². The minimum atomic E-state index is -1.83. The van der Waals surface area contributed by atoms with Crippen LogP contribution in [0.25, 0.3) is 0 Å². The molecule has 196 valence electrons. The average molecular weight is 476 g/mol. The van der Waals surface area contributed by atoms with Crippen LogP contribution in [0.5, 0.6) is 0 Å². The largest absolute Gasteiger partial charge is 0.398 e. The zero-order valence-corrected chi connectivity index (χ0v) is 23.7. The van der Waals surface area contributed by atoms with Gasteiger partial charge in [-0.05, 0) is 38.4 Å². The average Bonchev–Trinajstić information content (AvgIpc) is 2.82. The fourth-order valence-corrected chi connectivity index (χ4v) is 5.07. The Balaban J connectivity index is 0. The molecule has 0 aliphatic heterocycles. The second-order valence-corrected chi connectivity index (χ2v) is 13.0. The minimum Gasteiger partial charge on any atom is -0.398 e. The quantitative estimate of drug-likeness (QED) is 0.116. The maximum atomic E-state index is 5.91. The molecule has 0 aliphatic carbocycles. The van der Waals surface area contributed by atoms with Gasteiger partial charge in [0.15, 0.2) is 0 Å². The van der Waals surface area contributed by atoms with E-state index in [0.29, 0.717) is 12.6 Å². The van der Waals surface area contributed by atoms with Gasteiger partial charge in [-0.2, -0.15) is 0 Å². The predicted molar refractivity (Wildman–Crippen MR) is 146 cm³/mol.